The minimum atomic E-state index is -4.48. The van der Waals surface area contributed by atoms with E-state index < -0.39 is 35.7 Å². The Balaban J connectivity index is -0.00000392. The SMILES string of the molecule is CCCCCCCCC=CCCCCCCCC(=O)OS(=O)(=O)OCC(O)CO.[H-].[Na+]. The van der Waals surface area contributed by atoms with E-state index in [-0.39, 0.29) is 37.4 Å². The summed E-state index contributed by atoms with van der Waals surface area (Å²) in [5.74, 6) is -0.874. The molecule has 0 aromatic rings. The molecule has 0 aliphatic heterocycles. The molecule has 0 aliphatic carbocycles. The van der Waals surface area contributed by atoms with Crippen LogP contribution in [0.25, 0.3) is 0 Å². The van der Waals surface area contributed by atoms with E-state index in [2.05, 4.69) is 27.4 Å². The van der Waals surface area contributed by atoms with E-state index in [9.17, 15) is 13.2 Å². The number of carbonyl (C=O) groups excluding carboxylic acids is 1. The number of allylic oxidation sites excluding steroid dienone is 2. The fourth-order valence-electron chi connectivity index (χ4n) is 2.73. The molecule has 0 bridgehead atoms. The molecule has 9 heteroatoms. The number of rotatable bonds is 20. The maximum atomic E-state index is 11.5. The Morgan fingerprint density at radius 3 is 1.97 bits per heavy atom. The fourth-order valence-corrected chi connectivity index (χ4v) is 3.42. The number of unbranched alkanes of at least 4 members (excludes halogenated alkanes) is 11. The van der Waals surface area contributed by atoms with Crippen LogP contribution in [0.4, 0.5) is 0 Å². The molecular weight excluding hydrogens is 419 g/mol. The third-order valence-electron chi connectivity index (χ3n) is 4.45. The first-order chi connectivity index (χ1) is 13.9. The molecule has 2 N–H and O–H groups in total. The van der Waals surface area contributed by atoms with Gasteiger partial charge in [0.25, 0.3) is 0 Å². The Morgan fingerprint density at radius 2 is 1.43 bits per heavy atom. The second-order valence-corrected chi connectivity index (χ2v) is 8.54. The van der Waals surface area contributed by atoms with E-state index in [1.807, 2.05) is 0 Å². The molecule has 0 aromatic carbocycles. The molecule has 174 valence electrons. The van der Waals surface area contributed by atoms with Crippen molar-refractivity contribution in [3.05, 3.63) is 12.2 Å². The summed E-state index contributed by atoms with van der Waals surface area (Å²) in [6.45, 7) is 0.938. The molecule has 0 saturated heterocycles. The molecule has 0 spiro atoms. The van der Waals surface area contributed by atoms with Crippen LogP contribution in [-0.4, -0.2) is 43.9 Å². The Hall–Kier alpha value is 0.0400. The molecule has 1 atom stereocenters. The van der Waals surface area contributed by atoms with E-state index >= 15 is 0 Å². The first-order valence-corrected chi connectivity index (χ1v) is 12.3. The second-order valence-electron chi connectivity index (χ2n) is 7.32. The van der Waals surface area contributed by atoms with Gasteiger partial charge in [0.2, 0.25) is 0 Å². The van der Waals surface area contributed by atoms with Crippen LogP contribution in [0.15, 0.2) is 12.2 Å². The van der Waals surface area contributed by atoms with E-state index in [1.165, 1.54) is 44.9 Å². The van der Waals surface area contributed by atoms with E-state index in [0.717, 1.165) is 32.1 Å². The second kappa shape index (κ2) is 22.2. The van der Waals surface area contributed by atoms with Gasteiger partial charge in [-0.2, -0.15) is 8.42 Å². The number of hydrogen-bond acceptors (Lipinski definition) is 7. The van der Waals surface area contributed by atoms with Crippen molar-refractivity contribution in [3.63, 3.8) is 0 Å². The average Bonchev–Trinajstić information content (AvgIpc) is 2.68. The molecular formula is C21H41NaO7S. The third-order valence-corrected chi connectivity index (χ3v) is 5.27. The van der Waals surface area contributed by atoms with Crippen molar-refractivity contribution < 1.29 is 62.8 Å². The summed E-state index contributed by atoms with van der Waals surface area (Å²) in [6, 6.07) is 0. The summed E-state index contributed by atoms with van der Waals surface area (Å²) in [5.41, 5.74) is 0. The molecule has 0 saturated carbocycles. The Morgan fingerprint density at radius 1 is 0.933 bits per heavy atom. The van der Waals surface area contributed by atoms with E-state index in [1.54, 1.807) is 0 Å². The molecule has 30 heavy (non-hydrogen) atoms. The zero-order valence-corrected chi connectivity index (χ0v) is 21.7. The molecule has 0 fully saturated rings. The minimum absolute atomic E-state index is 0. The van der Waals surface area contributed by atoms with Crippen LogP contribution < -0.4 is 29.6 Å². The largest absolute Gasteiger partial charge is 1.00 e. The molecule has 7 nitrogen and oxygen atoms in total. The Bertz CT molecular complexity index is 530. The van der Waals surface area contributed by atoms with Crippen LogP contribution in [-0.2, 0) is 23.6 Å². The standard InChI is InChI=1S/C21H40O7S.Na.H/c1-2-3-4-5-6-7-8-9-10-11-12-13-14-15-16-17-21(24)28-29(25,26)27-19-20(23)18-22;;/h9-10,20,22-23H,2-8,11-19H2,1H3;;/q;+1;-1. The maximum absolute atomic E-state index is 11.5. The first kappa shape index (κ1) is 32.2. The van der Waals surface area contributed by atoms with Crippen molar-refractivity contribution in [2.24, 2.45) is 0 Å². The van der Waals surface area contributed by atoms with Crippen molar-refractivity contribution in [1.29, 1.82) is 0 Å². The maximum Gasteiger partial charge on any atom is 1.00 e. The average molecular weight is 461 g/mol. The fraction of sp³-hybridized carbons (Fsp3) is 0.857. The van der Waals surface area contributed by atoms with Crippen LogP contribution in [0.3, 0.4) is 0 Å². The van der Waals surface area contributed by atoms with Crippen LogP contribution in [0.2, 0.25) is 0 Å². The van der Waals surface area contributed by atoms with Gasteiger partial charge in [0.05, 0.1) is 13.2 Å². The Labute approximate surface area is 206 Å². The predicted molar refractivity (Wildman–Crippen MR) is 115 cm³/mol. The van der Waals surface area contributed by atoms with Crippen molar-refractivity contribution >= 4 is 16.4 Å². The van der Waals surface area contributed by atoms with Gasteiger partial charge in [0, 0.05) is 6.42 Å². The number of aliphatic hydroxyl groups is 2. The normalized spacial score (nSPS) is 12.6. The molecule has 1 unspecified atom stereocenters. The topological polar surface area (TPSA) is 110 Å². The minimum Gasteiger partial charge on any atom is -1.00 e. The van der Waals surface area contributed by atoms with Gasteiger partial charge in [0.15, 0.2) is 0 Å². The van der Waals surface area contributed by atoms with Crippen molar-refractivity contribution in [2.45, 2.75) is 103 Å². The van der Waals surface area contributed by atoms with Gasteiger partial charge in [-0.05, 0) is 32.1 Å². The zero-order chi connectivity index (χ0) is 21.8. The summed E-state index contributed by atoms with van der Waals surface area (Å²) in [6.07, 6.45) is 18.0. The van der Waals surface area contributed by atoms with Gasteiger partial charge in [-0.25, -0.2) is 4.18 Å². The summed E-state index contributed by atoms with van der Waals surface area (Å²) in [7, 11) is -4.48. The van der Waals surface area contributed by atoms with Crippen molar-refractivity contribution in [2.75, 3.05) is 13.2 Å². The number of carbonyl (C=O) groups is 1. The summed E-state index contributed by atoms with van der Waals surface area (Å²) < 4.78 is 31.3. The molecule has 0 aliphatic rings. The van der Waals surface area contributed by atoms with Gasteiger partial charge in [-0.3, -0.25) is 4.79 Å². The number of aliphatic hydroxyl groups excluding tert-OH is 2. The third kappa shape index (κ3) is 22.7. The zero-order valence-electron chi connectivity index (χ0n) is 19.9. The Kier molecular flexibility index (Phi) is 23.9. The van der Waals surface area contributed by atoms with Crippen molar-refractivity contribution in [3.8, 4) is 0 Å². The van der Waals surface area contributed by atoms with Crippen LogP contribution in [0.1, 0.15) is 98.2 Å². The number of hydrogen-bond donors (Lipinski definition) is 2. The summed E-state index contributed by atoms with van der Waals surface area (Å²) in [5, 5.41) is 17.6. The van der Waals surface area contributed by atoms with Gasteiger partial charge < -0.3 is 15.8 Å². The van der Waals surface area contributed by atoms with Crippen molar-refractivity contribution in [1.82, 2.24) is 0 Å². The van der Waals surface area contributed by atoms with E-state index in [0.29, 0.717) is 6.42 Å². The van der Waals surface area contributed by atoms with Gasteiger partial charge in [-0.15, -0.1) is 0 Å². The monoisotopic (exact) mass is 460 g/mol. The van der Waals surface area contributed by atoms with Gasteiger partial charge in [0.1, 0.15) is 6.10 Å². The van der Waals surface area contributed by atoms with Gasteiger partial charge in [-0.1, -0.05) is 70.4 Å². The molecule has 0 radical (unpaired) electrons. The summed E-state index contributed by atoms with van der Waals surface area (Å²) >= 11 is 0. The van der Waals surface area contributed by atoms with E-state index in [4.69, 9.17) is 10.2 Å². The molecule has 0 amide bonds. The predicted octanol–water partition coefficient (Wildman–Crippen LogP) is 1.30. The van der Waals surface area contributed by atoms with Crippen LogP contribution in [0.5, 0.6) is 0 Å². The van der Waals surface area contributed by atoms with Crippen LogP contribution >= 0.6 is 0 Å². The summed E-state index contributed by atoms with van der Waals surface area (Å²) in [4.78, 5) is 11.5. The quantitative estimate of drug-likeness (QED) is 0.160. The smallest absolute Gasteiger partial charge is 1.00 e. The van der Waals surface area contributed by atoms with Gasteiger partial charge >= 0.3 is 45.9 Å². The molecule has 0 aromatic heterocycles. The van der Waals surface area contributed by atoms with Crippen LogP contribution in [0, 0.1) is 0 Å². The first-order valence-electron chi connectivity index (χ1n) is 11.0. The molecule has 0 rings (SSSR count). The molecule has 0 heterocycles.